The minimum Gasteiger partial charge on any atom is -0.363 e. The van der Waals surface area contributed by atoms with Gasteiger partial charge in [0.2, 0.25) is 0 Å². The average Bonchev–Trinajstić information content (AvgIpc) is 2.97. The molecule has 2 aromatic rings. The van der Waals surface area contributed by atoms with Crippen LogP contribution in [-0.4, -0.2) is 47.1 Å². The molecule has 1 aliphatic heterocycles. The van der Waals surface area contributed by atoms with Crippen LogP contribution in [0.15, 0.2) is 31.0 Å². The van der Waals surface area contributed by atoms with Crippen molar-refractivity contribution < 1.29 is 0 Å². The molecular formula is C15H20N6. The van der Waals surface area contributed by atoms with E-state index in [2.05, 4.69) is 30.9 Å². The number of hydrogen-bond acceptors (Lipinski definition) is 6. The first kappa shape index (κ1) is 13.7. The van der Waals surface area contributed by atoms with Crippen LogP contribution in [0.4, 0.5) is 11.6 Å². The molecule has 0 unspecified atom stereocenters. The third kappa shape index (κ3) is 3.26. The zero-order valence-electron chi connectivity index (χ0n) is 12.5. The van der Waals surface area contributed by atoms with Crippen molar-refractivity contribution in [3.63, 3.8) is 0 Å². The van der Waals surface area contributed by atoms with Gasteiger partial charge in [-0.05, 0) is 18.8 Å². The summed E-state index contributed by atoms with van der Waals surface area (Å²) in [6.45, 7) is 2.05. The highest BCUT2D eigenvalue weighted by Crippen LogP contribution is 2.24. The van der Waals surface area contributed by atoms with Crippen molar-refractivity contribution in [1.29, 1.82) is 0 Å². The van der Waals surface area contributed by atoms with E-state index in [4.69, 9.17) is 0 Å². The van der Waals surface area contributed by atoms with Gasteiger partial charge in [0.1, 0.15) is 18.0 Å². The van der Waals surface area contributed by atoms with Crippen LogP contribution in [0, 0.1) is 5.92 Å². The second-order valence-corrected chi connectivity index (χ2v) is 5.63. The van der Waals surface area contributed by atoms with Crippen molar-refractivity contribution in [3.05, 3.63) is 36.7 Å². The molecule has 1 atom stereocenters. The first-order valence-corrected chi connectivity index (χ1v) is 7.21. The topological polar surface area (TPSA) is 58.0 Å². The van der Waals surface area contributed by atoms with Gasteiger partial charge in [-0.2, -0.15) is 0 Å². The van der Waals surface area contributed by atoms with E-state index in [0.717, 1.165) is 43.3 Å². The van der Waals surface area contributed by atoms with Gasteiger partial charge in [-0.1, -0.05) is 0 Å². The van der Waals surface area contributed by atoms with Crippen molar-refractivity contribution in [3.8, 4) is 0 Å². The zero-order chi connectivity index (χ0) is 14.7. The van der Waals surface area contributed by atoms with Crippen LogP contribution in [-0.2, 0) is 6.42 Å². The lowest BCUT2D eigenvalue weighted by Crippen LogP contribution is -2.21. The minimum atomic E-state index is 0.608. The molecule has 0 saturated carbocycles. The second-order valence-electron chi connectivity index (χ2n) is 5.63. The van der Waals surface area contributed by atoms with E-state index in [-0.39, 0.29) is 0 Å². The molecule has 0 bridgehead atoms. The van der Waals surface area contributed by atoms with Gasteiger partial charge in [0.15, 0.2) is 0 Å². The summed E-state index contributed by atoms with van der Waals surface area (Å²) >= 11 is 0. The Bertz CT molecular complexity index is 586. The van der Waals surface area contributed by atoms with Crippen LogP contribution in [0.5, 0.6) is 0 Å². The SMILES string of the molecule is CN(C)c1cc(C[C@@H]2CCN(c3cnccn3)C2)ncn1. The van der Waals surface area contributed by atoms with Crippen molar-refractivity contribution in [2.75, 3.05) is 37.0 Å². The minimum absolute atomic E-state index is 0.608. The highest BCUT2D eigenvalue weighted by atomic mass is 15.2. The van der Waals surface area contributed by atoms with E-state index >= 15 is 0 Å². The van der Waals surface area contributed by atoms with Gasteiger partial charge in [-0.15, -0.1) is 0 Å². The monoisotopic (exact) mass is 284 g/mol. The number of anilines is 2. The van der Waals surface area contributed by atoms with Gasteiger partial charge < -0.3 is 9.80 Å². The van der Waals surface area contributed by atoms with Crippen LogP contribution >= 0.6 is 0 Å². The third-order valence-corrected chi connectivity index (χ3v) is 3.82. The van der Waals surface area contributed by atoms with Crippen LogP contribution in [0.25, 0.3) is 0 Å². The van der Waals surface area contributed by atoms with Crippen LogP contribution in [0.2, 0.25) is 0 Å². The lowest BCUT2D eigenvalue weighted by Gasteiger charge is -2.17. The maximum atomic E-state index is 4.40. The molecule has 1 fully saturated rings. The predicted molar refractivity (Wildman–Crippen MR) is 82.4 cm³/mol. The highest BCUT2D eigenvalue weighted by molar-refractivity contribution is 5.38. The normalized spacial score (nSPS) is 18.0. The molecule has 6 nitrogen and oxygen atoms in total. The van der Waals surface area contributed by atoms with E-state index < -0.39 is 0 Å². The molecule has 1 saturated heterocycles. The van der Waals surface area contributed by atoms with Gasteiger partial charge in [0.05, 0.1) is 6.20 Å². The fourth-order valence-corrected chi connectivity index (χ4v) is 2.70. The quantitative estimate of drug-likeness (QED) is 0.846. The number of hydrogen-bond donors (Lipinski definition) is 0. The maximum absolute atomic E-state index is 4.40. The summed E-state index contributed by atoms with van der Waals surface area (Å²) in [6, 6.07) is 2.07. The van der Waals surface area contributed by atoms with Gasteiger partial charge in [0.25, 0.3) is 0 Å². The molecule has 2 aromatic heterocycles. The molecule has 0 N–H and O–H groups in total. The fraction of sp³-hybridized carbons (Fsp3) is 0.467. The van der Waals surface area contributed by atoms with Crippen LogP contribution in [0.3, 0.4) is 0 Å². The Morgan fingerprint density at radius 3 is 2.90 bits per heavy atom. The Morgan fingerprint density at radius 1 is 1.24 bits per heavy atom. The van der Waals surface area contributed by atoms with Crippen molar-refractivity contribution in [1.82, 2.24) is 19.9 Å². The average molecular weight is 284 g/mol. The largest absolute Gasteiger partial charge is 0.363 e. The van der Waals surface area contributed by atoms with Crippen LogP contribution in [0.1, 0.15) is 12.1 Å². The smallest absolute Gasteiger partial charge is 0.147 e. The summed E-state index contributed by atoms with van der Waals surface area (Å²) in [5.41, 5.74) is 1.11. The molecule has 0 aliphatic carbocycles. The standard InChI is InChI=1S/C15H20N6/c1-20(2)14-8-13(18-11-19-14)7-12-3-6-21(10-12)15-9-16-4-5-17-15/h4-5,8-9,11-12H,3,6-7,10H2,1-2H3/t12-/m0/s1. The molecular weight excluding hydrogens is 264 g/mol. The molecule has 21 heavy (non-hydrogen) atoms. The van der Waals surface area contributed by atoms with Crippen molar-refractivity contribution in [2.45, 2.75) is 12.8 Å². The van der Waals surface area contributed by atoms with Crippen molar-refractivity contribution >= 4 is 11.6 Å². The summed E-state index contributed by atoms with van der Waals surface area (Å²) in [4.78, 5) is 21.5. The Labute approximate surface area is 124 Å². The Hall–Kier alpha value is -2.24. The Kier molecular flexibility index (Phi) is 3.94. The lowest BCUT2D eigenvalue weighted by atomic mass is 10.0. The molecule has 0 amide bonds. The maximum Gasteiger partial charge on any atom is 0.147 e. The van der Waals surface area contributed by atoms with Gasteiger partial charge in [-0.25, -0.2) is 15.0 Å². The Balaban J connectivity index is 1.63. The lowest BCUT2D eigenvalue weighted by molar-refractivity contribution is 0.576. The first-order chi connectivity index (χ1) is 10.2. The van der Waals surface area contributed by atoms with Gasteiger partial charge in [-0.3, -0.25) is 4.98 Å². The molecule has 1 aliphatic rings. The molecule has 0 radical (unpaired) electrons. The van der Waals surface area contributed by atoms with E-state index in [0.29, 0.717) is 5.92 Å². The van der Waals surface area contributed by atoms with Crippen molar-refractivity contribution in [2.24, 2.45) is 5.92 Å². The summed E-state index contributed by atoms with van der Waals surface area (Å²) < 4.78 is 0. The summed E-state index contributed by atoms with van der Waals surface area (Å²) in [5, 5.41) is 0. The number of nitrogens with zero attached hydrogens (tertiary/aromatic N) is 6. The fourth-order valence-electron chi connectivity index (χ4n) is 2.70. The first-order valence-electron chi connectivity index (χ1n) is 7.21. The molecule has 3 rings (SSSR count). The highest BCUT2D eigenvalue weighted by Gasteiger charge is 2.24. The van der Waals surface area contributed by atoms with Crippen LogP contribution < -0.4 is 9.80 Å². The summed E-state index contributed by atoms with van der Waals surface area (Å²) in [5.74, 6) is 2.54. The number of rotatable bonds is 4. The molecule has 3 heterocycles. The van der Waals surface area contributed by atoms with Gasteiger partial charge in [0, 0.05) is 51.3 Å². The number of aromatic nitrogens is 4. The summed E-state index contributed by atoms with van der Waals surface area (Å²) in [6.07, 6.45) is 9.09. The van der Waals surface area contributed by atoms with E-state index in [1.165, 1.54) is 0 Å². The second kappa shape index (κ2) is 6.03. The molecule has 110 valence electrons. The van der Waals surface area contributed by atoms with E-state index in [9.17, 15) is 0 Å². The molecule has 6 heteroatoms. The Morgan fingerprint density at radius 2 is 2.14 bits per heavy atom. The molecule has 0 spiro atoms. The van der Waals surface area contributed by atoms with E-state index in [1.807, 2.05) is 25.2 Å². The molecule has 0 aromatic carbocycles. The zero-order valence-corrected chi connectivity index (χ0v) is 12.5. The van der Waals surface area contributed by atoms with Gasteiger partial charge >= 0.3 is 0 Å². The predicted octanol–water partition coefficient (Wildman–Crippen LogP) is 1.40. The third-order valence-electron chi connectivity index (χ3n) is 3.82. The summed E-state index contributed by atoms with van der Waals surface area (Å²) in [7, 11) is 4.00. The van der Waals surface area contributed by atoms with E-state index in [1.54, 1.807) is 18.7 Å².